The molecule has 118 valence electrons. The number of hydrogen-bond donors (Lipinski definition) is 1. The molecular formula is C14H19F3N2OS. The van der Waals surface area contributed by atoms with Crippen LogP contribution in [0.5, 0.6) is 5.75 Å². The van der Waals surface area contributed by atoms with E-state index in [4.69, 9.17) is 0 Å². The van der Waals surface area contributed by atoms with Crippen molar-refractivity contribution >= 4 is 11.9 Å². The number of nitrogens with one attached hydrogen (secondary N) is 1. The van der Waals surface area contributed by atoms with E-state index in [0.717, 1.165) is 0 Å². The average molecular weight is 320 g/mol. The Morgan fingerprint density at radius 1 is 1.38 bits per heavy atom. The van der Waals surface area contributed by atoms with Gasteiger partial charge in [-0.3, -0.25) is 9.71 Å². The van der Waals surface area contributed by atoms with E-state index in [2.05, 4.69) is 41.8 Å². The molecule has 1 N–H and O–H groups in total. The minimum Gasteiger partial charge on any atom is -0.483 e. The summed E-state index contributed by atoms with van der Waals surface area (Å²) in [7, 11) is 0. The van der Waals surface area contributed by atoms with Crippen molar-refractivity contribution in [3.05, 3.63) is 36.7 Å². The van der Waals surface area contributed by atoms with Crippen LogP contribution in [0, 0.1) is 0 Å². The molecule has 1 rings (SSSR count). The number of halogens is 3. The van der Waals surface area contributed by atoms with Crippen molar-refractivity contribution < 1.29 is 17.9 Å². The fourth-order valence-electron chi connectivity index (χ4n) is 1.30. The second kappa shape index (κ2) is 7.17. The van der Waals surface area contributed by atoms with Gasteiger partial charge in [-0.05, 0) is 32.9 Å². The molecule has 0 aliphatic rings. The van der Waals surface area contributed by atoms with Gasteiger partial charge in [-0.1, -0.05) is 18.0 Å². The molecule has 0 aromatic carbocycles. The SMILES string of the molecule is C=C[C@@H](NSC(C)(C)C)c1ccc(OCC(F)(F)F)cn1. The van der Waals surface area contributed by atoms with Crippen molar-refractivity contribution in [2.24, 2.45) is 0 Å². The molecule has 1 aromatic rings. The molecule has 21 heavy (non-hydrogen) atoms. The number of nitrogens with zero attached hydrogens (tertiary/aromatic N) is 1. The summed E-state index contributed by atoms with van der Waals surface area (Å²) in [5.74, 6) is 0.0855. The number of rotatable bonds is 6. The van der Waals surface area contributed by atoms with Crippen molar-refractivity contribution in [2.75, 3.05) is 6.61 Å². The van der Waals surface area contributed by atoms with Crippen LogP contribution in [0.2, 0.25) is 0 Å². The topological polar surface area (TPSA) is 34.1 Å². The lowest BCUT2D eigenvalue weighted by molar-refractivity contribution is -0.153. The highest BCUT2D eigenvalue weighted by molar-refractivity contribution is 7.98. The predicted octanol–water partition coefficient (Wildman–Crippen LogP) is 4.29. The number of aromatic nitrogens is 1. The normalized spacial score (nSPS) is 13.8. The molecule has 0 saturated carbocycles. The van der Waals surface area contributed by atoms with Crippen molar-refractivity contribution in [2.45, 2.75) is 37.7 Å². The highest BCUT2D eigenvalue weighted by Crippen LogP contribution is 2.25. The van der Waals surface area contributed by atoms with Gasteiger partial charge < -0.3 is 4.74 Å². The number of hydrogen-bond acceptors (Lipinski definition) is 4. The molecule has 0 bridgehead atoms. The lowest BCUT2D eigenvalue weighted by Gasteiger charge is -2.22. The summed E-state index contributed by atoms with van der Waals surface area (Å²) < 4.78 is 44.0. The number of ether oxygens (including phenoxy) is 1. The molecule has 1 heterocycles. The van der Waals surface area contributed by atoms with Crippen LogP contribution in [0.25, 0.3) is 0 Å². The van der Waals surface area contributed by atoms with Gasteiger partial charge in [0.25, 0.3) is 0 Å². The molecule has 0 unspecified atom stereocenters. The Kier molecular flexibility index (Phi) is 6.10. The van der Waals surface area contributed by atoms with Crippen LogP contribution in [0.15, 0.2) is 31.0 Å². The van der Waals surface area contributed by atoms with Gasteiger partial charge >= 0.3 is 6.18 Å². The van der Waals surface area contributed by atoms with E-state index in [1.54, 1.807) is 12.1 Å². The van der Waals surface area contributed by atoms with Gasteiger partial charge in [0, 0.05) is 4.75 Å². The third-order valence-electron chi connectivity index (χ3n) is 2.21. The van der Waals surface area contributed by atoms with Crippen molar-refractivity contribution in [3.63, 3.8) is 0 Å². The Hall–Kier alpha value is -1.21. The lowest BCUT2D eigenvalue weighted by Crippen LogP contribution is -2.21. The highest BCUT2D eigenvalue weighted by Gasteiger charge is 2.28. The van der Waals surface area contributed by atoms with Gasteiger partial charge in [-0.2, -0.15) is 13.2 Å². The molecular weight excluding hydrogens is 301 g/mol. The zero-order valence-corrected chi connectivity index (χ0v) is 13.0. The Morgan fingerprint density at radius 2 is 2.05 bits per heavy atom. The summed E-state index contributed by atoms with van der Waals surface area (Å²) in [4.78, 5) is 4.11. The summed E-state index contributed by atoms with van der Waals surface area (Å²) in [5, 5.41) is 0. The molecule has 0 spiro atoms. The van der Waals surface area contributed by atoms with Crippen LogP contribution < -0.4 is 9.46 Å². The summed E-state index contributed by atoms with van der Waals surface area (Å²) in [6, 6.07) is 2.90. The fourth-order valence-corrected chi connectivity index (χ4v) is 1.99. The maximum atomic E-state index is 12.0. The summed E-state index contributed by atoms with van der Waals surface area (Å²) in [5.41, 5.74) is 0.668. The van der Waals surface area contributed by atoms with Crippen LogP contribution in [0.1, 0.15) is 32.5 Å². The van der Waals surface area contributed by atoms with E-state index in [1.807, 2.05) is 0 Å². The second-order valence-corrected chi connectivity index (χ2v) is 7.03. The molecule has 0 amide bonds. The maximum absolute atomic E-state index is 12.0. The first-order valence-corrected chi connectivity index (χ1v) is 7.14. The zero-order valence-electron chi connectivity index (χ0n) is 12.2. The molecule has 0 radical (unpaired) electrons. The molecule has 0 saturated heterocycles. The predicted molar refractivity (Wildman–Crippen MR) is 79.2 cm³/mol. The van der Waals surface area contributed by atoms with Crippen LogP contribution >= 0.6 is 11.9 Å². The van der Waals surface area contributed by atoms with E-state index < -0.39 is 12.8 Å². The number of alkyl halides is 3. The van der Waals surface area contributed by atoms with Gasteiger partial charge in [0.1, 0.15) is 5.75 Å². The monoisotopic (exact) mass is 320 g/mol. The minimum absolute atomic E-state index is 0.0248. The first-order valence-electron chi connectivity index (χ1n) is 6.32. The zero-order chi connectivity index (χ0) is 16.1. The Balaban J connectivity index is 2.64. The van der Waals surface area contributed by atoms with E-state index >= 15 is 0 Å². The molecule has 0 fully saturated rings. The van der Waals surface area contributed by atoms with E-state index in [0.29, 0.717) is 5.69 Å². The summed E-state index contributed by atoms with van der Waals surface area (Å²) in [6.45, 7) is 8.60. The van der Waals surface area contributed by atoms with Crippen LogP contribution in [0.4, 0.5) is 13.2 Å². The molecule has 3 nitrogen and oxygen atoms in total. The van der Waals surface area contributed by atoms with E-state index in [9.17, 15) is 13.2 Å². The Morgan fingerprint density at radius 3 is 2.48 bits per heavy atom. The Labute approximate surface area is 127 Å². The quantitative estimate of drug-likeness (QED) is 0.626. The van der Waals surface area contributed by atoms with E-state index in [1.165, 1.54) is 24.2 Å². The minimum atomic E-state index is -4.35. The standard InChI is InChI=1S/C14H19F3N2OS/c1-5-11(19-21-13(2,3)4)12-7-6-10(8-18-12)20-9-14(15,16)17/h5-8,11,19H,1,9H2,2-4H3/t11-/m1/s1. The Bertz CT molecular complexity index is 455. The lowest BCUT2D eigenvalue weighted by atomic mass is 10.2. The molecule has 7 heteroatoms. The van der Waals surface area contributed by atoms with Crippen LogP contribution in [0.3, 0.4) is 0 Å². The van der Waals surface area contributed by atoms with Crippen molar-refractivity contribution in [1.29, 1.82) is 0 Å². The molecule has 0 aliphatic carbocycles. The van der Waals surface area contributed by atoms with Crippen molar-refractivity contribution in [1.82, 2.24) is 9.71 Å². The van der Waals surface area contributed by atoms with Gasteiger partial charge in [0.05, 0.1) is 17.9 Å². The molecule has 0 aliphatic heterocycles. The van der Waals surface area contributed by atoms with Gasteiger partial charge in [-0.15, -0.1) is 6.58 Å². The molecule has 1 aromatic heterocycles. The van der Waals surface area contributed by atoms with Crippen LogP contribution in [-0.4, -0.2) is 22.5 Å². The fraction of sp³-hybridized carbons (Fsp3) is 0.500. The average Bonchev–Trinajstić information content (AvgIpc) is 2.36. The maximum Gasteiger partial charge on any atom is 0.422 e. The highest BCUT2D eigenvalue weighted by atomic mass is 32.2. The molecule has 1 atom stereocenters. The first-order chi connectivity index (χ1) is 9.61. The second-order valence-electron chi connectivity index (χ2n) is 5.37. The number of pyridine rings is 1. The van der Waals surface area contributed by atoms with Gasteiger partial charge in [0.2, 0.25) is 0 Å². The van der Waals surface area contributed by atoms with E-state index in [-0.39, 0.29) is 16.5 Å². The summed E-state index contributed by atoms with van der Waals surface area (Å²) >= 11 is 1.54. The van der Waals surface area contributed by atoms with Gasteiger partial charge in [0.15, 0.2) is 6.61 Å². The third kappa shape index (κ3) is 7.38. The summed E-state index contributed by atoms with van der Waals surface area (Å²) in [6.07, 6.45) is -1.38. The third-order valence-corrected chi connectivity index (χ3v) is 3.19. The first kappa shape index (κ1) is 17.8. The van der Waals surface area contributed by atoms with Crippen LogP contribution in [-0.2, 0) is 0 Å². The van der Waals surface area contributed by atoms with Crippen molar-refractivity contribution in [3.8, 4) is 5.75 Å². The van der Waals surface area contributed by atoms with Gasteiger partial charge in [-0.25, -0.2) is 0 Å². The largest absolute Gasteiger partial charge is 0.483 e. The smallest absolute Gasteiger partial charge is 0.422 e.